The summed E-state index contributed by atoms with van der Waals surface area (Å²) in [5.41, 5.74) is 0. The second-order valence-corrected chi connectivity index (χ2v) is 6.43. The van der Waals surface area contributed by atoms with Crippen molar-refractivity contribution in [1.29, 1.82) is 0 Å². The number of unbranched alkanes of at least 4 members (excludes halogenated alkanes) is 12. The molecule has 0 nitrogen and oxygen atoms in total. The zero-order chi connectivity index (χ0) is 13.5. The van der Waals surface area contributed by atoms with Crippen molar-refractivity contribution in [2.75, 3.05) is 0 Å². The molecule has 0 spiro atoms. The Morgan fingerprint density at radius 3 is 1.21 bits per heavy atom. The van der Waals surface area contributed by atoms with Gasteiger partial charge in [0.15, 0.2) is 0 Å². The van der Waals surface area contributed by atoms with Gasteiger partial charge in [0.05, 0.1) is 0 Å². The minimum atomic E-state index is 0. The molecule has 0 radical (unpaired) electrons. The maximum Gasteiger partial charge on any atom is 1.00 e. The molecule has 112 valence electrons. The largest absolute Gasteiger partial charge is 1.00 e. The first-order valence-electron chi connectivity index (χ1n) is 8.77. The van der Waals surface area contributed by atoms with Gasteiger partial charge in [0.25, 0.3) is 0 Å². The van der Waals surface area contributed by atoms with E-state index in [1.807, 2.05) is 0 Å². The first-order valence-corrected chi connectivity index (χ1v) is 8.77. The van der Waals surface area contributed by atoms with Crippen LogP contribution in [0.5, 0.6) is 0 Å². The molecular weight excluding hydrogens is 239 g/mol. The summed E-state index contributed by atoms with van der Waals surface area (Å²) in [4.78, 5) is 0. The van der Waals surface area contributed by atoms with Crippen molar-refractivity contribution < 1.29 is 31.0 Å². The minimum Gasteiger partial charge on any atom is -1.00 e. The zero-order valence-electron chi connectivity index (χ0n) is 15.5. The molecule has 1 heteroatoms. The van der Waals surface area contributed by atoms with E-state index >= 15 is 0 Å². The first-order chi connectivity index (χ1) is 8.77. The van der Waals surface area contributed by atoms with Gasteiger partial charge < -0.3 is 1.43 Å². The first kappa shape index (κ1) is 22.3. The summed E-state index contributed by atoms with van der Waals surface area (Å²) in [7, 11) is 0. The van der Waals surface area contributed by atoms with Gasteiger partial charge in [0.2, 0.25) is 0 Å². The number of hydrogen-bond acceptors (Lipinski definition) is 0. The van der Waals surface area contributed by atoms with E-state index < -0.39 is 0 Å². The van der Waals surface area contributed by atoms with Gasteiger partial charge in [-0.25, -0.2) is 0 Å². The summed E-state index contributed by atoms with van der Waals surface area (Å²) in [5, 5.41) is 0. The Bertz CT molecular complexity index is 148. The van der Waals surface area contributed by atoms with E-state index in [1.54, 1.807) is 0 Å². The second-order valence-electron chi connectivity index (χ2n) is 6.43. The van der Waals surface area contributed by atoms with Crippen LogP contribution in [0.4, 0.5) is 0 Å². The van der Waals surface area contributed by atoms with E-state index in [0.29, 0.717) is 0 Å². The van der Waals surface area contributed by atoms with Crippen LogP contribution in [0.2, 0.25) is 0 Å². The molecule has 0 aromatic heterocycles. The van der Waals surface area contributed by atoms with Crippen molar-refractivity contribution in [3.8, 4) is 0 Å². The van der Waals surface area contributed by atoms with Crippen LogP contribution in [0.25, 0.3) is 0 Å². The number of rotatable bonds is 14. The van der Waals surface area contributed by atoms with E-state index in [2.05, 4.69) is 20.8 Å². The van der Waals surface area contributed by atoms with Gasteiger partial charge in [0, 0.05) is 0 Å². The third kappa shape index (κ3) is 21.4. The Labute approximate surface area is 147 Å². The molecule has 0 aliphatic heterocycles. The Morgan fingerprint density at radius 1 is 0.579 bits per heavy atom. The molecule has 0 unspecified atom stereocenters. The second kappa shape index (κ2) is 19.0. The fourth-order valence-electron chi connectivity index (χ4n) is 2.57. The van der Waals surface area contributed by atoms with E-state index in [9.17, 15) is 0 Å². The van der Waals surface area contributed by atoms with Crippen LogP contribution < -0.4 is 29.6 Å². The standard InChI is InChI=1S/C18H38.Na.H/c1-4-5-6-7-8-9-10-11-12-13-14-15-16-17-18(2)3;;/h18H,4-17H2,1-3H3;;/q;+1;-1. The van der Waals surface area contributed by atoms with E-state index in [4.69, 9.17) is 0 Å². The molecule has 0 bridgehead atoms. The van der Waals surface area contributed by atoms with Crippen molar-refractivity contribution in [2.24, 2.45) is 5.92 Å². The molecule has 0 rings (SSSR count). The van der Waals surface area contributed by atoms with Crippen molar-refractivity contribution in [2.45, 2.75) is 111 Å². The Morgan fingerprint density at radius 2 is 0.895 bits per heavy atom. The summed E-state index contributed by atoms with van der Waals surface area (Å²) in [6.45, 7) is 6.96. The quantitative estimate of drug-likeness (QED) is 0.329. The summed E-state index contributed by atoms with van der Waals surface area (Å²) < 4.78 is 0. The van der Waals surface area contributed by atoms with E-state index in [1.165, 1.54) is 89.9 Å². The number of hydrogen-bond donors (Lipinski definition) is 0. The van der Waals surface area contributed by atoms with Gasteiger partial charge in [0.1, 0.15) is 0 Å². The minimum absolute atomic E-state index is 0. The summed E-state index contributed by atoms with van der Waals surface area (Å²) in [6, 6.07) is 0. The molecule has 0 heterocycles. The molecule has 0 aromatic rings. The summed E-state index contributed by atoms with van der Waals surface area (Å²) >= 11 is 0. The molecule has 0 atom stereocenters. The Hall–Kier alpha value is 1.00. The third-order valence-electron chi connectivity index (χ3n) is 3.89. The van der Waals surface area contributed by atoms with Gasteiger partial charge in [-0.05, 0) is 5.92 Å². The van der Waals surface area contributed by atoms with E-state index in [0.717, 1.165) is 5.92 Å². The third-order valence-corrected chi connectivity index (χ3v) is 3.89. The van der Waals surface area contributed by atoms with Gasteiger partial charge in [-0.3, -0.25) is 0 Å². The van der Waals surface area contributed by atoms with Gasteiger partial charge in [-0.2, -0.15) is 0 Å². The predicted octanol–water partition coefficient (Wildman–Crippen LogP) is 4.24. The van der Waals surface area contributed by atoms with Crippen LogP contribution in [0.15, 0.2) is 0 Å². The fourth-order valence-corrected chi connectivity index (χ4v) is 2.57. The van der Waals surface area contributed by atoms with Gasteiger partial charge in [-0.1, -0.05) is 111 Å². The topological polar surface area (TPSA) is 0 Å². The predicted molar refractivity (Wildman–Crippen MR) is 86.3 cm³/mol. The van der Waals surface area contributed by atoms with Crippen LogP contribution in [0, 0.1) is 5.92 Å². The summed E-state index contributed by atoms with van der Waals surface area (Å²) in [6.07, 6.45) is 20.5. The molecule has 0 aromatic carbocycles. The molecule has 0 aliphatic rings. The Kier molecular flexibility index (Phi) is 22.3. The molecule has 0 saturated carbocycles. The molecule has 0 amide bonds. The van der Waals surface area contributed by atoms with Gasteiger partial charge >= 0.3 is 29.6 Å². The van der Waals surface area contributed by atoms with Crippen LogP contribution in [-0.2, 0) is 0 Å². The molecule has 0 aliphatic carbocycles. The normalized spacial score (nSPS) is 10.7. The fraction of sp³-hybridized carbons (Fsp3) is 1.00. The molecule has 0 fully saturated rings. The molecule has 0 N–H and O–H groups in total. The maximum atomic E-state index is 2.33. The molecule has 0 saturated heterocycles. The van der Waals surface area contributed by atoms with Crippen molar-refractivity contribution in [3.05, 3.63) is 0 Å². The van der Waals surface area contributed by atoms with Crippen molar-refractivity contribution in [1.82, 2.24) is 0 Å². The zero-order valence-corrected chi connectivity index (χ0v) is 16.5. The Balaban J connectivity index is -0.00000144. The monoisotopic (exact) mass is 278 g/mol. The maximum absolute atomic E-state index is 2.33. The van der Waals surface area contributed by atoms with Crippen LogP contribution in [-0.4, -0.2) is 0 Å². The van der Waals surface area contributed by atoms with Crippen molar-refractivity contribution in [3.63, 3.8) is 0 Å². The SMILES string of the molecule is CCCCCCCCCCCCCCCC(C)C.[H-].[Na+]. The van der Waals surface area contributed by atoms with Crippen molar-refractivity contribution >= 4 is 0 Å². The van der Waals surface area contributed by atoms with Crippen LogP contribution >= 0.6 is 0 Å². The van der Waals surface area contributed by atoms with Crippen LogP contribution in [0.1, 0.15) is 112 Å². The van der Waals surface area contributed by atoms with E-state index in [-0.39, 0.29) is 31.0 Å². The molecular formula is C18H39Na. The average Bonchev–Trinajstić information content (AvgIpc) is 2.34. The average molecular weight is 278 g/mol. The summed E-state index contributed by atoms with van der Waals surface area (Å²) in [5.74, 6) is 0.901. The molecule has 19 heavy (non-hydrogen) atoms. The van der Waals surface area contributed by atoms with Gasteiger partial charge in [-0.15, -0.1) is 0 Å². The van der Waals surface area contributed by atoms with Crippen LogP contribution in [0.3, 0.4) is 0 Å². The smallest absolute Gasteiger partial charge is 1.00 e.